The van der Waals surface area contributed by atoms with Gasteiger partial charge in [-0.25, -0.2) is 9.59 Å². The SMILES string of the molecule is CC(C)(C)CC/C(=C\C(=O)O)C(=O)O. The summed E-state index contributed by atoms with van der Waals surface area (Å²) in [7, 11) is 0. The van der Waals surface area contributed by atoms with Crippen molar-refractivity contribution in [3.63, 3.8) is 0 Å². The molecule has 80 valence electrons. The van der Waals surface area contributed by atoms with Crippen LogP contribution in [0, 0.1) is 5.41 Å². The third-order valence-corrected chi connectivity index (χ3v) is 1.72. The summed E-state index contributed by atoms with van der Waals surface area (Å²) >= 11 is 0. The van der Waals surface area contributed by atoms with Gasteiger partial charge >= 0.3 is 11.9 Å². The maximum Gasteiger partial charge on any atom is 0.331 e. The lowest BCUT2D eigenvalue weighted by molar-refractivity contribution is -0.135. The second-order valence-electron chi connectivity index (χ2n) is 4.37. The number of rotatable bonds is 4. The fourth-order valence-electron chi connectivity index (χ4n) is 0.900. The van der Waals surface area contributed by atoms with Crippen molar-refractivity contribution in [2.75, 3.05) is 0 Å². The topological polar surface area (TPSA) is 74.6 Å². The zero-order valence-corrected chi connectivity index (χ0v) is 8.70. The van der Waals surface area contributed by atoms with Gasteiger partial charge in [-0.05, 0) is 18.3 Å². The first-order chi connectivity index (χ1) is 6.22. The number of carboxylic acids is 2. The van der Waals surface area contributed by atoms with Crippen molar-refractivity contribution < 1.29 is 19.8 Å². The molecule has 0 heterocycles. The minimum absolute atomic E-state index is 0.00699. The molecule has 0 rings (SSSR count). The van der Waals surface area contributed by atoms with E-state index in [-0.39, 0.29) is 17.4 Å². The van der Waals surface area contributed by atoms with E-state index in [0.29, 0.717) is 6.42 Å². The summed E-state index contributed by atoms with van der Waals surface area (Å²) in [5.41, 5.74) is -0.0417. The van der Waals surface area contributed by atoms with Gasteiger partial charge in [0.05, 0.1) is 0 Å². The van der Waals surface area contributed by atoms with E-state index < -0.39 is 11.9 Å². The molecule has 0 spiro atoms. The molecule has 4 heteroatoms. The molecule has 2 N–H and O–H groups in total. The minimum atomic E-state index is -1.21. The minimum Gasteiger partial charge on any atom is -0.478 e. The summed E-state index contributed by atoms with van der Waals surface area (Å²) in [5, 5.41) is 17.1. The number of aliphatic carboxylic acids is 2. The Labute approximate surface area is 83.2 Å². The number of hydrogen-bond acceptors (Lipinski definition) is 2. The van der Waals surface area contributed by atoms with Crippen molar-refractivity contribution in [1.82, 2.24) is 0 Å². The predicted octanol–water partition coefficient (Wildman–Crippen LogP) is 1.91. The summed E-state index contributed by atoms with van der Waals surface area (Å²) in [6.07, 6.45) is 1.69. The molecule has 0 aliphatic heterocycles. The Balaban J connectivity index is 4.41. The fourth-order valence-corrected chi connectivity index (χ4v) is 0.900. The van der Waals surface area contributed by atoms with Gasteiger partial charge in [0.25, 0.3) is 0 Å². The Morgan fingerprint density at radius 1 is 1.21 bits per heavy atom. The smallest absolute Gasteiger partial charge is 0.331 e. The van der Waals surface area contributed by atoms with Crippen LogP contribution in [-0.4, -0.2) is 22.2 Å². The molecule has 0 aliphatic rings. The standard InChI is InChI=1S/C10H16O4/c1-10(2,3)5-4-7(9(13)14)6-8(11)12/h6H,4-5H2,1-3H3,(H,11,12)(H,13,14)/b7-6+. The van der Waals surface area contributed by atoms with Crippen LogP contribution in [0.15, 0.2) is 11.6 Å². The van der Waals surface area contributed by atoms with Crippen molar-refractivity contribution in [3.05, 3.63) is 11.6 Å². The molecule has 0 unspecified atom stereocenters. The highest BCUT2D eigenvalue weighted by Gasteiger charge is 2.15. The first-order valence-electron chi connectivity index (χ1n) is 4.39. The Morgan fingerprint density at radius 3 is 2.00 bits per heavy atom. The lowest BCUT2D eigenvalue weighted by atomic mass is 9.88. The highest BCUT2D eigenvalue weighted by molar-refractivity contribution is 5.94. The summed E-state index contributed by atoms with van der Waals surface area (Å²) in [4.78, 5) is 20.9. The Hall–Kier alpha value is -1.32. The molecule has 4 nitrogen and oxygen atoms in total. The third-order valence-electron chi connectivity index (χ3n) is 1.72. The Morgan fingerprint density at radius 2 is 1.71 bits per heavy atom. The van der Waals surface area contributed by atoms with Crippen molar-refractivity contribution in [3.8, 4) is 0 Å². The predicted molar refractivity (Wildman–Crippen MR) is 52.0 cm³/mol. The normalized spacial score (nSPS) is 12.6. The van der Waals surface area contributed by atoms with E-state index in [2.05, 4.69) is 0 Å². The number of carboxylic acid groups (broad SMARTS) is 2. The van der Waals surface area contributed by atoms with E-state index in [0.717, 1.165) is 6.08 Å². The van der Waals surface area contributed by atoms with Crippen LogP contribution >= 0.6 is 0 Å². The largest absolute Gasteiger partial charge is 0.478 e. The molecule has 0 amide bonds. The van der Waals surface area contributed by atoms with Gasteiger partial charge < -0.3 is 10.2 Å². The molecule has 0 saturated heterocycles. The molecular formula is C10H16O4. The molecule has 0 aromatic rings. The first kappa shape index (κ1) is 12.7. The highest BCUT2D eigenvalue weighted by atomic mass is 16.4. The zero-order valence-electron chi connectivity index (χ0n) is 8.70. The molecule has 0 atom stereocenters. The second-order valence-corrected chi connectivity index (χ2v) is 4.37. The van der Waals surface area contributed by atoms with Crippen LogP contribution in [-0.2, 0) is 9.59 Å². The number of hydrogen-bond donors (Lipinski definition) is 2. The van der Waals surface area contributed by atoms with Gasteiger partial charge in [0.15, 0.2) is 0 Å². The lowest BCUT2D eigenvalue weighted by Crippen LogP contribution is -2.10. The van der Waals surface area contributed by atoms with E-state index in [1.807, 2.05) is 20.8 Å². The third kappa shape index (κ3) is 6.22. The van der Waals surface area contributed by atoms with E-state index in [4.69, 9.17) is 10.2 Å². The van der Waals surface area contributed by atoms with Gasteiger partial charge in [0.2, 0.25) is 0 Å². The number of carbonyl (C=O) groups is 2. The van der Waals surface area contributed by atoms with Crippen LogP contribution in [0.3, 0.4) is 0 Å². The van der Waals surface area contributed by atoms with E-state index in [9.17, 15) is 9.59 Å². The van der Waals surface area contributed by atoms with Gasteiger partial charge in [-0.1, -0.05) is 20.8 Å². The van der Waals surface area contributed by atoms with Gasteiger partial charge in [0, 0.05) is 11.6 Å². The Bertz CT molecular complexity index is 258. The van der Waals surface area contributed by atoms with Crippen LogP contribution < -0.4 is 0 Å². The Kier molecular flexibility index (Phi) is 4.34. The molecule has 0 aromatic carbocycles. The van der Waals surface area contributed by atoms with Crippen molar-refractivity contribution in [2.24, 2.45) is 5.41 Å². The van der Waals surface area contributed by atoms with Crippen molar-refractivity contribution >= 4 is 11.9 Å². The molecule has 0 aliphatic carbocycles. The molecular weight excluding hydrogens is 184 g/mol. The molecule has 0 fully saturated rings. The molecule has 0 aromatic heterocycles. The average molecular weight is 200 g/mol. The molecule has 0 saturated carbocycles. The van der Waals surface area contributed by atoms with Gasteiger partial charge in [-0.3, -0.25) is 0 Å². The maximum absolute atomic E-state index is 10.6. The van der Waals surface area contributed by atoms with E-state index >= 15 is 0 Å². The van der Waals surface area contributed by atoms with Crippen LogP contribution in [0.25, 0.3) is 0 Å². The summed E-state index contributed by atoms with van der Waals surface area (Å²) in [6, 6.07) is 0. The van der Waals surface area contributed by atoms with Crippen LogP contribution in [0.1, 0.15) is 33.6 Å². The van der Waals surface area contributed by atoms with Crippen LogP contribution in [0.5, 0.6) is 0 Å². The van der Waals surface area contributed by atoms with Gasteiger partial charge in [0.1, 0.15) is 0 Å². The summed E-state index contributed by atoms with van der Waals surface area (Å²) < 4.78 is 0. The first-order valence-corrected chi connectivity index (χ1v) is 4.39. The highest BCUT2D eigenvalue weighted by Crippen LogP contribution is 2.23. The summed E-state index contributed by atoms with van der Waals surface area (Å²) in [5.74, 6) is -2.37. The average Bonchev–Trinajstić information content (AvgIpc) is 1.94. The maximum atomic E-state index is 10.6. The lowest BCUT2D eigenvalue weighted by Gasteiger charge is -2.17. The van der Waals surface area contributed by atoms with Gasteiger partial charge in [-0.2, -0.15) is 0 Å². The van der Waals surface area contributed by atoms with Crippen molar-refractivity contribution in [1.29, 1.82) is 0 Å². The molecule has 0 radical (unpaired) electrons. The van der Waals surface area contributed by atoms with Crippen LogP contribution in [0.2, 0.25) is 0 Å². The van der Waals surface area contributed by atoms with Gasteiger partial charge in [-0.15, -0.1) is 0 Å². The van der Waals surface area contributed by atoms with E-state index in [1.54, 1.807) is 0 Å². The summed E-state index contributed by atoms with van der Waals surface area (Å²) in [6.45, 7) is 5.94. The van der Waals surface area contributed by atoms with Crippen molar-refractivity contribution in [2.45, 2.75) is 33.6 Å². The molecule has 0 bridgehead atoms. The monoisotopic (exact) mass is 200 g/mol. The fraction of sp³-hybridized carbons (Fsp3) is 0.600. The molecule has 14 heavy (non-hydrogen) atoms. The second kappa shape index (κ2) is 4.79. The quantitative estimate of drug-likeness (QED) is 0.680. The van der Waals surface area contributed by atoms with E-state index in [1.165, 1.54) is 0 Å². The van der Waals surface area contributed by atoms with Crippen LogP contribution in [0.4, 0.5) is 0 Å². The zero-order chi connectivity index (χ0) is 11.4.